The normalized spacial score (nSPS) is 14.4. The van der Waals surface area contributed by atoms with Crippen LogP contribution in [0, 0.1) is 27.7 Å². The summed E-state index contributed by atoms with van der Waals surface area (Å²) in [6.45, 7) is 20.7. The standard InChI is InChI=1S/C30H28ClN7O2.C25H24F3N7O.C24H24F3N7.C23H24ClN7/c1-20-26(33-28-23-12-6-8-14-25(23)35-36-28)32-27(22-11-5-7-13-24(22)31)34-29(20)37-15-17-38(18-16-37)30(39)40-19-21-9-3-2-4-10-21;1-15-21(30-23-18-8-4-6-10-20(18)32-33-23)29-22(17-7-3-5-9-19(17)25(26,27)28)31-24(15)35-13-11-34(12-14-35)16(2)36;1-15-20(29-22-17-8-4-6-10-19(17)31-32-22)28-21(16-7-3-5-9-18(16)24(25,26)27)30-23(15)34-13-11-33(2)12-14-34;1-15-20(26-22-17-8-4-6-10-19(17)28-29-22)25-21(16-7-3-5-9-18(16)24)27-23(15)31-13-11-30(2)12-14-31/h2-14H,15-19H2,1H3,(H2,32,33,34,35,36);3-10H,11-14H2,1-2H3,(H2,29,30,31,32,33);3-10H,11-14H2,1-2H3,(H2,28,29,30,31,32);3-10H,11-14H2,1-2H3,(H2,25,26,27,28,29). The van der Waals surface area contributed by atoms with E-state index in [0.717, 1.165) is 165 Å². The Morgan fingerprint density at radius 1 is 0.326 bits per heavy atom. The zero-order valence-electron chi connectivity index (χ0n) is 78.1. The average molecular weight is 1950 g/mol. The summed E-state index contributed by atoms with van der Waals surface area (Å²) < 4.78 is 88.4. The monoisotopic (exact) mass is 1950 g/mol. The Balaban J connectivity index is 0.000000125. The number of anilines is 12. The van der Waals surface area contributed by atoms with Crippen LogP contribution < -0.4 is 40.9 Å². The van der Waals surface area contributed by atoms with Crippen molar-refractivity contribution in [3.05, 3.63) is 273 Å². The summed E-state index contributed by atoms with van der Waals surface area (Å²) in [7, 11) is 4.19. The molecule has 17 aromatic rings. The molecule has 4 saturated heterocycles. The van der Waals surface area contributed by atoms with Crippen molar-refractivity contribution in [3.63, 3.8) is 0 Å². The van der Waals surface area contributed by atoms with Crippen molar-refractivity contribution in [1.29, 1.82) is 0 Å². The number of ether oxygens (including phenoxy) is 1. The van der Waals surface area contributed by atoms with Gasteiger partial charge in [0.25, 0.3) is 0 Å². The van der Waals surface area contributed by atoms with Crippen molar-refractivity contribution in [1.82, 2.24) is 100 Å². The van der Waals surface area contributed by atoms with Gasteiger partial charge in [0.2, 0.25) is 5.91 Å². The highest BCUT2D eigenvalue weighted by atomic mass is 35.5. The van der Waals surface area contributed by atoms with Gasteiger partial charge < -0.3 is 65.2 Å². The van der Waals surface area contributed by atoms with Crippen LogP contribution in [0.15, 0.2) is 224 Å². The number of benzene rings is 9. The predicted molar refractivity (Wildman–Crippen MR) is 541 cm³/mol. The number of aromatic amines is 4. The fraction of sp³-hybridized carbons (Fsp3) is 0.255. The predicted octanol–water partition coefficient (Wildman–Crippen LogP) is 20.3. The van der Waals surface area contributed by atoms with E-state index in [1.54, 1.807) is 15.9 Å². The number of likely N-dealkylation sites (N-methyl/N-ethyl adjacent to an activating group) is 2. The fourth-order valence-electron chi connectivity index (χ4n) is 17.2. The number of hydrogen-bond acceptors (Lipinski definition) is 25. The number of carbonyl (C=O) groups excluding carboxylic acids is 2. The van der Waals surface area contributed by atoms with E-state index in [1.807, 2.05) is 209 Å². The highest BCUT2D eigenvalue weighted by Gasteiger charge is 2.38. The summed E-state index contributed by atoms with van der Waals surface area (Å²) in [4.78, 5) is 79.0. The molecule has 2 amide bonds. The fourth-order valence-corrected chi connectivity index (χ4v) is 17.7. The molecule has 39 heteroatoms. The van der Waals surface area contributed by atoms with Gasteiger partial charge in [-0.2, -0.15) is 46.7 Å². The van der Waals surface area contributed by atoms with E-state index >= 15 is 0 Å². The Bertz CT molecular complexity index is 7350. The van der Waals surface area contributed by atoms with Gasteiger partial charge in [-0.3, -0.25) is 25.2 Å². The summed E-state index contributed by atoms with van der Waals surface area (Å²) in [6, 6.07) is 66.7. The number of nitrogens with one attached hydrogen (secondary N) is 8. The first kappa shape index (κ1) is 95.7. The molecule has 0 radical (unpaired) electrons. The Hall–Kier alpha value is -15.6. The SMILES string of the molecule is CC(=O)N1CCN(c2nc(-c3ccccc3C(F)(F)F)nc(Nc3n[nH]c4ccccc34)c2C)CC1.Cc1c(Nc2n[nH]c3ccccc23)nc(-c2ccccc2C(F)(F)F)nc1N1CCN(C)CC1.Cc1c(Nc2n[nH]c3ccccc23)nc(-c2ccccc2Cl)nc1N1CCN(C(=O)OCc2ccccc2)CC1.Cc1c(Nc2n[nH]c3ccccc23)nc(-c2ccccc2Cl)nc1N1CCN(C)CC1. The molecule has 21 rings (SSSR count). The van der Waals surface area contributed by atoms with E-state index in [0.29, 0.717) is 126 Å². The van der Waals surface area contributed by atoms with Gasteiger partial charge in [0.15, 0.2) is 46.6 Å². The zero-order valence-corrected chi connectivity index (χ0v) is 79.6. The van der Waals surface area contributed by atoms with Crippen LogP contribution in [-0.2, 0) is 28.5 Å². The number of amides is 2. The quantitative estimate of drug-likeness (QED) is 0.0370. The van der Waals surface area contributed by atoms with Gasteiger partial charge >= 0.3 is 18.4 Å². The molecule has 8 aromatic heterocycles. The average Bonchev–Trinajstić information content (AvgIpc) is 1.46. The molecule has 722 valence electrons. The van der Waals surface area contributed by atoms with Crippen molar-refractivity contribution in [2.24, 2.45) is 0 Å². The van der Waals surface area contributed by atoms with E-state index < -0.39 is 23.5 Å². The minimum atomic E-state index is -4.57. The largest absolute Gasteiger partial charge is 0.445 e. The molecule has 8 N–H and O–H groups in total. The number of rotatable bonds is 18. The smallest absolute Gasteiger partial charge is 0.417 e. The lowest BCUT2D eigenvalue weighted by Crippen LogP contribution is -2.49. The first-order valence-corrected chi connectivity index (χ1v) is 46.7. The van der Waals surface area contributed by atoms with Crippen LogP contribution in [0.1, 0.15) is 45.9 Å². The molecule has 0 atom stereocenters. The third kappa shape index (κ3) is 21.7. The summed E-state index contributed by atoms with van der Waals surface area (Å²) in [5.41, 5.74) is 7.64. The van der Waals surface area contributed by atoms with E-state index in [1.165, 1.54) is 37.3 Å². The number of nitrogens with zero attached hydrogens (tertiary/aromatic N) is 20. The molecular weight excluding hydrogens is 1850 g/mol. The molecule has 0 aliphatic carbocycles. The highest BCUT2D eigenvalue weighted by Crippen LogP contribution is 2.44. The van der Waals surface area contributed by atoms with Gasteiger partial charge in [0.1, 0.15) is 53.1 Å². The number of carbonyl (C=O) groups is 2. The van der Waals surface area contributed by atoms with Gasteiger partial charge in [-0.15, -0.1) is 0 Å². The van der Waals surface area contributed by atoms with Crippen LogP contribution in [0.25, 0.3) is 89.2 Å². The second-order valence-corrected chi connectivity index (χ2v) is 35.3. The minimum absolute atomic E-state index is 0.0124. The van der Waals surface area contributed by atoms with E-state index in [9.17, 15) is 35.9 Å². The van der Waals surface area contributed by atoms with Crippen LogP contribution in [0.2, 0.25) is 10.0 Å². The Labute approximate surface area is 817 Å². The molecule has 4 aliphatic rings. The number of H-pyrrole nitrogens is 4. The lowest BCUT2D eigenvalue weighted by molar-refractivity contribution is -0.137. The summed E-state index contributed by atoms with van der Waals surface area (Å²) >= 11 is 13.0. The summed E-state index contributed by atoms with van der Waals surface area (Å²) in [5.74, 6) is 8.58. The molecule has 9 aromatic carbocycles. The van der Waals surface area contributed by atoms with Crippen LogP contribution in [0.5, 0.6) is 0 Å². The van der Waals surface area contributed by atoms with Gasteiger partial charge in [0.05, 0.1) is 43.2 Å². The molecule has 141 heavy (non-hydrogen) atoms. The highest BCUT2D eigenvalue weighted by molar-refractivity contribution is 6.33. The molecule has 0 spiro atoms. The number of hydrogen-bond donors (Lipinski definition) is 8. The molecular formula is C102H100Cl2F6N28O3. The molecule has 12 heterocycles. The molecule has 0 saturated carbocycles. The Morgan fingerprint density at radius 2 is 0.589 bits per heavy atom. The first-order valence-electron chi connectivity index (χ1n) is 46.0. The Morgan fingerprint density at radius 3 is 0.894 bits per heavy atom. The molecule has 31 nitrogen and oxygen atoms in total. The van der Waals surface area contributed by atoms with Crippen molar-refractivity contribution < 1.29 is 40.7 Å². The van der Waals surface area contributed by atoms with Crippen LogP contribution in [-0.4, -0.2) is 231 Å². The molecule has 4 aliphatic heterocycles. The number of para-hydroxylation sites is 4. The van der Waals surface area contributed by atoms with Gasteiger partial charge in [-0.1, -0.05) is 163 Å². The molecule has 0 bridgehead atoms. The maximum absolute atomic E-state index is 13.8. The lowest BCUT2D eigenvalue weighted by Gasteiger charge is -2.36. The van der Waals surface area contributed by atoms with E-state index in [4.69, 9.17) is 47.9 Å². The minimum Gasteiger partial charge on any atom is -0.445 e. The van der Waals surface area contributed by atoms with Crippen molar-refractivity contribution in [2.45, 2.75) is 53.6 Å². The maximum Gasteiger partial charge on any atom is 0.417 e. The van der Waals surface area contributed by atoms with Crippen LogP contribution >= 0.6 is 23.2 Å². The second-order valence-electron chi connectivity index (χ2n) is 34.5. The molecule has 4 fully saturated rings. The number of halogens is 8. The number of alkyl halides is 6. The lowest BCUT2D eigenvalue weighted by atomic mass is 10.1. The van der Waals surface area contributed by atoms with Gasteiger partial charge in [-0.05, 0) is 132 Å². The summed E-state index contributed by atoms with van der Waals surface area (Å²) in [5, 5.41) is 47.8. The van der Waals surface area contributed by atoms with Gasteiger partial charge in [-0.25, -0.2) is 44.7 Å². The van der Waals surface area contributed by atoms with E-state index in [-0.39, 0.29) is 41.4 Å². The van der Waals surface area contributed by atoms with Crippen LogP contribution in [0.3, 0.4) is 0 Å². The topological polar surface area (TPSA) is 335 Å². The number of piperazine rings is 4. The number of aromatic nitrogens is 16. The second kappa shape index (κ2) is 42.0. The Kier molecular flexibility index (Phi) is 28.5. The van der Waals surface area contributed by atoms with E-state index in [2.05, 4.69) is 120 Å². The van der Waals surface area contributed by atoms with Gasteiger partial charge in [0, 0.05) is 178 Å². The van der Waals surface area contributed by atoms with Crippen molar-refractivity contribution >= 4 is 149 Å². The summed E-state index contributed by atoms with van der Waals surface area (Å²) in [6.07, 6.45) is -9.40. The zero-order chi connectivity index (χ0) is 98.2. The first-order chi connectivity index (χ1) is 68.2. The van der Waals surface area contributed by atoms with Crippen LogP contribution in [0.4, 0.5) is 101 Å². The number of fused-ring (bicyclic) bond motifs is 4. The maximum atomic E-state index is 13.8. The third-order valence-electron chi connectivity index (χ3n) is 25.2. The molecule has 0 unspecified atom stereocenters. The van der Waals surface area contributed by atoms with Crippen molar-refractivity contribution in [2.75, 3.05) is 160 Å². The van der Waals surface area contributed by atoms with Crippen molar-refractivity contribution in [3.8, 4) is 45.6 Å². The third-order valence-corrected chi connectivity index (χ3v) is 25.8.